The van der Waals surface area contributed by atoms with Gasteiger partial charge in [-0.25, -0.2) is 9.78 Å². The minimum Gasteiger partial charge on any atom is -0.469 e. The molecule has 116 valence electrons. The van der Waals surface area contributed by atoms with Gasteiger partial charge in [0.05, 0.1) is 19.2 Å². The van der Waals surface area contributed by atoms with Crippen molar-refractivity contribution in [2.45, 2.75) is 19.9 Å². The summed E-state index contributed by atoms with van der Waals surface area (Å²) >= 11 is 1.27. The van der Waals surface area contributed by atoms with Gasteiger partial charge in [0, 0.05) is 11.4 Å². The molecule has 0 saturated heterocycles. The molecule has 0 saturated carbocycles. The Morgan fingerprint density at radius 1 is 1.27 bits per heavy atom. The number of methoxy groups -OCH3 is 1. The lowest BCUT2D eigenvalue weighted by atomic mass is 10.2. The van der Waals surface area contributed by atoms with Gasteiger partial charge in [-0.2, -0.15) is 0 Å². The van der Waals surface area contributed by atoms with Crippen LogP contribution in [-0.4, -0.2) is 24.1 Å². The quantitative estimate of drug-likeness (QED) is 0.830. The van der Waals surface area contributed by atoms with E-state index in [1.807, 2.05) is 30.3 Å². The Bertz CT molecular complexity index is 655. The fourth-order valence-corrected chi connectivity index (χ4v) is 2.71. The van der Waals surface area contributed by atoms with Gasteiger partial charge in [-0.15, -0.1) is 11.3 Å². The topological polar surface area (TPSA) is 80.3 Å². The van der Waals surface area contributed by atoms with E-state index in [4.69, 9.17) is 0 Å². The third-order valence-corrected chi connectivity index (χ3v) is 4.01. The van der Waals surface area contributed by atoms with Crippen molar-refractivity contribution >= 4 is 28.5 Å². The van der Waals surface area contributed by atoms with E-state index in [2.05, 4.69) is 20.4 Å². The van der Waals surface area contributed by atoms with E-state index in [0.717, 1.165) is 10.4 Å². The fraction of sp³-hybridized carbons (Fsp3) is 0.267. The normalized spacial score (nSPS) is 10.1. The lowest BCUT2D eigenvalue weighted by Gasteiger charge is -2.05. The molecule has 0 bridgehead atoms. The molecule has 1 heterocycles. The van der Waals surface area contributed by atoms with Gasteiger partial charge in [0.25, 0.3) is 0 Å². The van der Waals surface area contributed by atoms with Crippen LogP contribution < -0.4 is 10.6 Å². The maximum Gasteiger partial charge on any atom is 0.321 e. The van der Waals surface area contributed by atoms with Gasteiger partial charge in [-0.3, -0.25) is 10.1 Å². The number of aryl methyl sites for hydroxylation is 1. The smallest absolute Gasteiger partial charge is 0.321 e. The summed E-state index contributed by atoms with van der Waals surface area (Å²) in [6, 6.07) is 9.29. The maximum absolute atomic E-state index is 11.8. The summed E-state index contributed by atoms with van der Waals surface area (Å²) in [5.41, 5.74) is 1.73. The molecule has 0 aliphatic rings. The number of carbonyl (C=O) groups excluding carboxylic acids is 2. The number of hydrogen-bond donors (Lipinski definition) is 2. The highest BCUT2D eigenvalue weighted by Crippen LogP contribution is 2.23. The summed E-state index contributed by atoms with van der Waals surface area (Å²) in [5.74, 6) is -0.327. The van der Waals surface area contributed by atoms with Crippen molar-refractivity contribution in [1.29, 1.82) is 0 Å². The maximum atomic E-state index is 11.8. The molecule has 2 amide bonds. The van der Waals surface area contributed by atoms with Crippen LogP contribution in [-0.2, 0) is 22.5 Å². The van der Waals surface area contributed by atoms with E-state index in [9.17, 15) is 9.59 Å². The average molecular weight is 319 g/mol. The van der Waals surface area contributed by atoms with Crippen LogP contribution in [0.15, 0.2) is 30.3 Å². The van der Waals surface area contributed by atoms with Crippen molar-refractivity contribution in [3.8, 4) is 0 Å². The first-order valence-corrected chi connectivity index (χ1v) is 7.52. The van der Waals surface area contributed by atoms with Gasteiger partial charge >= 0.3 is 12.0 Å². The summed E-state index contributed by atoms with van der Waals surface area (Å²) in [6.07, 6.45) is 0.160. The summed E-state index contributed by atoms with van der Waals surface area (Å²) in [7, 11) is 1.34. The van der Waals surface area contributed by atoms with Crippen molar-refractivity contribution in [3.63, 3.8) is 0 Å². The Hall–Kier alpha value is -2.41. The largest absolute Gasteiger partial charge is 0.469 e. The number of esters is 1. The molecule has 2 rings (SSSR count). The molecule has 2 N–H and O–H groups in total. The van der Waals surface area contributed by atoms with E-state index in [-0.39, 0.29) is 18.4 Å². The molecule has 6 nitrogen and oxygen atoms in total. The zero-order valence-corrected chi connectivity index (χ0v) is 13.2. The monoisotopic (exact) mass is 319 g/mol. The Kier molecular flexibility index (Phi) is 5.48. The van der Waals surface area contributed by atoms with E-state index >= 15 is 0 Å². The minimum absolute atomic E-state index is 0.160. The third kappa shape index (κ3) is 4.56. The number of rotatable bonds is 5. The Balaban J connectivity index is 1.89. The molecule has 0 spiro atoms. The van der Waals surface area contributed by atoms with Crippen molar-refractivity contribution in [2.24, 2.45) is 0 Å². The first kappa shape index (κ1) is 16.0. The van der Waals surface area contributed by atoms with E-state index in [1.54, 1.807) is 6.92 Å². The van der Waals surface area contributed by atoms with Crippen LogP contribution in [0.25, 0.3) is 0 Å². The van der Waals surface area contributed by atoms with Gasteiger partial charge in [-0.05, 0) is 12.5 Å². The lowest BCUT2D eigenvalue weighted by molar-refractivity contribution is -0.139. The molecule has 0 atom stereocenters. The van der Waals surface area contributed by atoms with Crippen LogP contribution in [0.3, 0.4) is 0 Å². The lowest BCUT2D eigenvalue weighted by Crippen LogP contribution is -2.28. The molecule has 7 heteroatoms. The predicted molar refractivity (Wildman–Crippen MR) is 84.9 cm³/mol. The van der Waals surface area contributed by atoms with Crippen molar-refractivity contribution in [1.82, 2.24) is 10.3 Å². The molecule has 1 aromatic carbocycles. The molecule has 22 heavy (non-hydrogen) atoms. The second-order valence-corrected chi connectivity index (χ2v) is 5.66. The number of aromatic nitrogens is 1. The zero-order valence-electron chi connectivity index (χ0n) is 12.4. The Labute approximate surface area is 132 Å². The highest BCUT2D eigenvalue weighted by atomic mass is 32.1. The van der Waals surface area contributed by atoms with Gasteiger partial charge in [0.2, 0.25) is 0 Å². The van der Waals surface area contributed by atoms with E-state index in [0.29, 0.717) is 17.4 Å². The van der Waals surface area contributed by atoms with Crippen LogP contribution in [0, 0.1) is 6.92 Å². The van der Waals surface area contributed by atoms with Gasteiger partial charge < -0.3 is 10.1 Å². The number of amides is 2. The number of nitrogens with one attached hydrogen (secondary N) is 2. The highest BCUT2D eigenvalue weighted by Gasteiger charge is 2.13. The number of thiazole rings is 1. The highest BCUT2D eigenvalue weighted by molar-refractivity contribution is 7.16. The fourth-order valence-electron chi connectivity index (χ4n) is 1.77. The number of hydrogen-bond acceptors (Lipinski definition) is 5. The third-order valence-electron chi connectivity index (χ3n) is 2.94. The molecule has 0 radical (unpaired) electrons. The number of carbonyl (C=O) groups is 2. The van der Waals surface area contributed by atoms with Crippen LogP contribution in [0.5, 0.6) is 0 Å². The van der Waals surface area contributed by atoms with Crippen molar-refractivity contribution in [3.05, 3.63) is 46.5 Å². The number of anilines is 1. The SMILES string of the molecule is COC(=O)Cc1sc(NC(=O)NCc2ccccc2)nc1C. The molecular weight excluding hydrogens is 302 g/mol. The van der Waals surface area contributed by atoms with Crippen LogP contribution >= 0.6 is 11.3 Å². The second-order valence-electron chi connectivity index (χ2n) is 4.57. The van der Waals surface area contributed by atoms with Crippen LogP contribution in [0.1, 0.15) is 16.1 Å². The molecular formula is C15H17N3O3S. The summed E-state index contributed by atoms with van der Waals surface area (Å²) in [4.78, 5) is 28.1. The second kappa shape index (κ2) is 7.56. The summed E-state index contributed by atoms with van der Waals surface area (Å²) < 4.78 is 4.63. The van der Waals surface area contributed by atoms with Crippen LogP contribution in [0.2, 0.25) is 0 Å². The molecule has 1 aromatic heterocycles. The van der Waals surface area contributed by atoms with Gasteiger partial charge in [-0.1, -0.05) is 30.3 Å². The van der Waals surface area contributed by atoms with Gasteiger partial charge in [0.15, 0.2) is 5.13 Å². The number of benzene rings is 1. The van der Waals surface area contributed by atoms with E-state index < -0.39 is 0 Å². The first-order chi connectivity index (χ1) is 10.6. The number of ether oxygens (including phenoxy) is 1. The van der Waals surface area contributed by atoms with Crippen molar-refractivity contribution in [2.75, 3.05) is 12.4 Å². The van der Waals surface area contributed by atoms with Crippen molar-refractivity contribution < 1.29 is 14.3 Å². The molecule has 0 unspecified atom stereocenters. The molecule has 0 aliphatic carbocycles. The number of nitrogens with zero attached hydrogens (tertiary/aromatic N) is 1. The molecule has 0 aliphatic heterocycles. The zero-order chi connectivity index (χ0) is 15.9. The first-order valence-electron chi connectivity index (χ1n) is 6.70. The standard InChI is InChI=1S/C15H17N3O3S/c1-10-12(8-13(19)21-2)22-15(17-10)18-14(20)16-9-11-6-4-3-5-7-11/h3-7H,8-9H2,1-2H3,(H2,16,17,18,20). The molecule has 0 fully saturated rings. The number of urea groups is 1. The molecule has 2 aromatic rings. The summed E-state index contributed by atoms with van der Waals surface area (Å²) in [5, 5.41) is 5.88. The van der Waals surface area contributed by atoms with Crippen LogP contribution in [0.4, 0.5) is 9.93 Å². The van der Waals surface area contributed by atoms with Gasteiger partial charge in [0.1, 0.15) is 0 Å². The minimum atomic E-state index is -0.331. The average Bonchev–Trinajstić information content (AvgIpc) is 2.85. The Morgan fingerprint density at radius 2 is 2.00 bits per heavy atom. The Morgan fingerprint density at radius 3 is 2.68 bits per heavy atom. The predicted octanol–water partition coefficient (Wildman–Crippen LogP) is 2.49. The van der Waals surface area contributed by atoms with E-state index in [1.165, 1.54) is 18.4 Å². The summed E-state index contributed by atoms with van der Waals surface area (Å²) in [6.45, 7) is 2.23.